The van der Waals surface area contributed by atoms with E-state index in [0.717, 1.165) is 24.2 Å². The van der Waals surface area contributed by atoms with Crippen molar-refractivity contribution in [3.8, 4) is 0 Å². The maximum atomic E-state index is 12.2. The van der Waals surface area contributed by atoms with Gasteiger partial charge in [0.2, 0.25) is 5.01 Å². The summed E-state index contributed by atoms with van der Waals surface area (Å²) in [6.07, 6.45) is 1.79. The van der Waals surface area contributed by atoms with E-state index in [2.05, 4.69) is 4.98 Å². The van der Waals surface area contributed by atoms with E-state index in [1.807, 2.05) is 13.8 Å². The van der Waals surface area contributed by atoms with Gasteiger partial charge in [-0.2, -0.15) is 0 Å². The van der Waals surface area contributed by atoms with E-state index in [9.17, 15) is 9.59 Å². The Morgan fingerprint density at radius 1 is 1.37 bits per heavy atom. The molecule has 106 valence electrons. The number of carbonyl (C=O) groups excluding carboxylic acids is 2. The van der Waals surface area contributed by atoms with Crippen LogP contribution in [-0.2, 0) is 4.74 Å². The zero-order valence-electron chi connectivity index (χ0n) is 11.8. The third kappa shape index (κ3) is 3.76. The lowest BCUT2D eigenvalue weighted by Crippen LogP contribution is -2.36. The maximum absolute atomic E-state index is 12.2. The van der Waals surface area contributed by atoms with Crippen LogP contribution in [0.25, 0.3) is 0 Å². The summed E-state index contributed by atoms with van der Waals surface area (Å²) >= 11 is 1.14. The first-order valence-corrected chi connectivity index (χ1v) is 7.32. The highest BCUT2D eigenvalue weighted by atomic mass is 32.1. The van der Waals surface area contributed by atoms with Gasteiger partial charge in [-0.15, -0.1) is 11.3 Å². The molecule has 0 aliphatic heterocycles. The van der Waals surface area contributed by atoms with E-state index >= 15 is 0 Å². The van der Waals surface area contributed by atoms with Crippen molar-refractivity contribution >= 4 is 23.2 Å². The van der Waals surface area contributed by atoms with Gasteiger partial charge in [0, 0.05) is 18.5 Å². The zero-order valence-corrected chi connectivity index (χ0v) is 12.6. The van der Waals surface area contributed by atoms with Crippen LogP contribution < -0.4 is 0 Å². The summed E-state index contributed by atoms with van der Waals surface area (Å²) in [5, 5.41) is 1.83. The summed E-state index contributed by atoms with van der Waals surface area (Å²) in [6.45, 7) is 6.12. The Hall–Kier alpha value is -1.43. The first-order valence-electron chi connectivity index (χ1n) is 6.44. The van der Waals surface area contributed by atoms with Crippen LogP contribution in [-0.4, -0.2) is 41.5 Å². The molecule has 1 aromatic rings. The Bertz CT molecular complexity index is 441. The highest BCUT2D eigenvalue weighted by Gasteiger charge is 2.22. The largest absolute Gasteiger partial charge is 0.461 e. The fraction of sp³-hybridized carbons (Fsp3) is 0.615. The zero-order chi connectivity index (χ0) is 14.4. The van der Waals surface area contributed by atoms with Crippen molar-refractivity contribution in [2.45, 2.75) is 39.7 Å². The normalized spacial score (nSPS) is 10.6. The van der Waals surface area contributed by atoms with Crippen molar-refractivity contribution < 1.29 is 14.3 Å². The average Bonchev–Trinajstić information content (AvgIpc) is 2.89. The highest BCUT2D eigenvalue weighted by Crippen LogP contribution is 2.15. The van der Waals surface area contributed by atoms with Crippen LogP contribution >= 0.6 is 11.3 Å². The number of ether oxygens (including phenoxy) is 1. The molecule has 0 aliphatic carbocycles. The van der Waals surface area contributed by atoms with E-state index < -0.39 is 5.97 Å². The summed E-state index contributed by atoms with van der Waals surface area (Å²) in [5.74, 6) is -0.628. The first kappa shape index (κ1) is 15.6. The minimum atomic E-state index is -0.475. The highest BCUT2D eigenvalue weighted by molar-refractivity contribution is 7.11. The van der Waals surface area contributed by atoms with E-state index in [1.165, 1.54) is 0 Å². The Morgan fingerprint density at radius 2 is 2.00 bits per heavy atom. The molecule has 1 amide bonds. The van der Waals surface area contributed by atoms with Gasteiger partial charge in [-0.1, -0.05) is 13.8 Å². The number of carbonyl (C=O) groups is 2. The summed E-state index contributed by atoms with van der Waals surface area (Å²) < 4.78 is 4.86. The fourth-order valence-electron chi connectivity index (χ4n) is 1.84. The molecule has 1 rings (SSSR count). The van der Waals surface area contributed by atoms with Crippen molar-refractivity contribution in [1.82, 2.24) is 9.88 Å². The quantitative estimate of drug-likeness (QED) is 0.753. The van der Waals surface area contributed by atoms with Crippen molar-refractivity contribution in [3.63, 3.8) is 0 Å². The number of esters is 1. The van der Waals surface area contributed by atoms with E-state index in [4.69, 9.17) is 4.74 Å². The third-order valence-electron chi connectivity index (χ3n) is 2.98. The summed E-state index contributed by atoms with van der Waals surface area (Å²) in [5.41, 5.74) is 0.308. The molecule has 0 saturated carbocycles. The average molecular weight is 284 g/mol. The van der Waals surface area contributed by atoms with Crippen molar-refractivity contribution in [2.75, 3.05) is 13.7 Å². The van der Waals surface area contributed by atoms with Crippen LogP contribution in [0.4, 0.5) is 0 Å². The molecular weight excluding hydrogens is 264 g/mol. The van der Waals surface area contributed by atoms with Gasteiger partial charge in [0.1, 0.15) is 5.69 Å². The molecule has 0 aromatic carbocycles. The van der Waals surface area contributed by atoms with Crippen molar-refractivity contribution in [2.24, 2.45) is 0 Å². The number of thiazole rings is 1. The molecule has 0 spiro atoms. The van der Waals surface area contributed by atoms with Gasteiger partial charge in [0.25, 0.3) is 5.91 Å². The van der Waals surface area contributed by atoms with Crippen LogP contribution in [0.3, 0.4) is 0 Å². The summed E-state index contributed by atoms with van der Waals surface area (Å²) in [7, 11) is 1.77. The topological polar surface area (TPSA) is 59.5 Å². The molecule has 1 heterocycles. The number of hydrogen-bond acceptors (Lipinski definition) is 5. The molecular formula is C13H20N2O3S. The molecule has 0 atom stereocenters. The van der Waals surface area contributed by atoms with E-state index in [0.29, 0.717) is 12.3 Å². The molecule has 19 heavy (non-hydrogen) atoms. The Kier molecular flexibility index (Phi) is 5.95. The molecule has 1 aromatic heterocycles. The van der Waals surface area contributed by atoms with Gasteiger partial charge in [0.15, 0.2) is 0 Å². The molecule has 0 saturated heterocycles. The Balaban J connectivity index is 2.81. The molecule has 0 fully saturated rings. The Morgan fingerprint density at radius 3 is 2.53 bits per heavy atom. The number of aromatic nitrogens is 1. The van der Waals surface area contributed by atoms with Crippen molar-refractivity contribution in [3.05, 3.63) is 16.1 Å². The maximum Gasteiger partial charge on any atom is 0.367 e. The first-order chi connectivity index (χ1) is 9.04. The second kappa shape index (κ2) is 7.23. The predicted molar refractivity (Wildman–Crippen MR) is 74.5 cm³/mol. The molecule has 0 unspecified atom stereocenters. The van der Waals surface area contributed by atoms with Gasteiger partial charge >= 0.3 is 5.97 Å². The summed E-state index contributed by atoms with van der Waals surface area (Å²) in [6, 6.07) is 0.195. The minimum Gasteiger partial charge on any atom is -0.461 e. The van der Waals surface area contributed by atoms with Crippen molar-refractivity contribution in [1.29, 1.82) is 0 Å². The lowest BCUT2D eigenvalue weighted by molar-refractivity contribution is 0.0526. The Labute approximate surface area is 117 Å². The predicted octanol–water partition coefficient (Wildman–Crippen LogP) is 2.58. The smallest absolute Gasteiger partial charge is 0.367 e. The number of nitrogens with zero attached hydrogens (tertiary/aromatic N) is 2. The number of rotatable bonds is 6. The molecule has 5 nitrogen and oxygen atoms in total. The van der Waals surface area contributed by atoms with Crippen LogP contribution in [0.2, 0.25) is 0 Å². The molecule has 0 N–H and O–H groups in total. The molecule has 0 bridgehead atoms. The monoisotopic (exact) mass is 284 g/mol. The molecule has 0 aliphatic rings. The van der Waals surface area contributed by atoms with Crippen LogP contribution in [0.15, 0.2) is 5.38 Å². The van der Waals surface area contributed by atoms with Crippen LogP contribution in [0.5, 0.6) is 0 Å². The molecule has 0 radical (unpaired) electrons. The summed E-state index contributed by atoms with van der Waals surface area (Å²) in [4.78, 5) is 29.5. The van der Waals surface area contributed by atoms with Crippen LogP contribution in [0, 0.1) is 0 Å². The number of hydrogen-bond donors (Lipinski definition) is 0. The minimum absolute atomic E-state index is 0.152. The second-order valence-corrected chi connectivity index (χ2v) is 5.00. The SMILES string of the molecule is CCOC(=O)c1nc(C(=O)N(C)C(CC)CC)cs1. The number of amides is 1. The molecule has 6 heteroatoms. The fourth-order valence-corrected chi connectivity index (χ4v) is 2.52. The lowest BCUT2D eigenvalue weighted by atomic mass is 10.1. The van der Waals surface area contributed by atoms with Gasteiger partial charge in [-0.3, -0.25) is 4.79 Å². The lowest BCUT2D eigenvalue weighted by Gasteiger charge is -2.25. The second-order valence-electron chi connectivity index (χ2n) is 4.14. The van der Waals surface area contributed by atoms with Gasteiger partial charge in [0.05, 0.1) is 6.61 Å². The van der Waals surface area contributed by atoms with Crippen LogP contribution in [0.1, 0.15) is 53.9 Å². The van der Waals surface area contributed by atoms with Gasteiger partial charge in [-0.25, -0.2) is 9.78 Å². The van der Waals surface area contributed by atoms with E-state index in [1.54, 1.807) is 24.3 Å². The third-order valence-corrected chi connectivity index (χ3v) is 3.81. The van der Waals surface area contributed by atoms with E-state index in [-0.39, 0.29) is 17.0 Å². The van der Waals surface area contributed by atoms with Gasteiger partial charge < -0.3 is 9.64 Å². The standard InChI is InChI=1S/C13H20N2O3S/c1-5-9(6-2)15(4)12(16)10-8-19-11(14-10)13(17)18-7-3/h8-9H,5-7H2,1-4H3. The van der Waals surface area contributed by atoms with Gasteiger partial charge in [-0.05, 0) is 19.8 Å².